The number of benzene rings is 1. The average molecular weight is 252 g/mol. The van der Waals surface area contributed by atoms with Gasteiger partial charge in [-0.1, -0.05) is 25.1 Å². The van der Waals surface area contributed by atoms with Crippen LogP contribution >= 0.6 is 0 Å². The first-order valence-corrected chi connectivity index (χ1v) is 5.58. The van der Waals surface area contributed by atoms with Crippen LogP contribution in [0.15, 0.2) is 24.3 Å². The number of urea groups is 1. The van der Waals surface area contributed by atoms with Crippen LogP contribution in [-0.2, 0) is 11.2 Å². The molecule has 1 aromatic rings. The number of amides is 2. The van der Waals surface area contributed by atoms with Crippen LogP contribution in [0.2, 0.25) is 0 Å². The van der Waals surface area contributed by atoms with Gasteiger partial charge in [0.25, 0.3) is 0 Å². The fourth-order valence-corrected chi connectivity index (χ4v) is 1.39. The summed E-state index contributed by atoms with van der Waals surface area (Å²) in [4.78, 5) is 21.8. The maximum atomic E-state index is 11.5. The minimum absolute atomic E-state index is 0.338. The molecule has 0 aliphatic heterocycles. The molecule has 0 saturated carbocycles. The van der Waals surface area contributed by atoms with Crippen molar-refractivity contribution in [2.45, 2.75) is 19.4 Å². The summed E-state index contributed by atoms with van der Waals surface area (Å²) in [6, 6.07) is 6.77. The summed E-state index contributed by atoms with van der Waals surface area (Å²) in [5.41, 5.74) is 1.65. The Kier molecular flexibility index (Phi) is 5.13. The molecule has 0 heterocycles. The molecule has 0 bridgehead atoms. The van der Waals surface area contributed by atoms with Gasteiger partial charge in [0.1, 0.15) is 0 Å². The van der Waals surface area contributed by atoms with Crippen LogP contribution < -0.4 is 10.6 Å². The topological polar surface area (TPSA) is 98.7 Å². The van der Waals surface area contributed by atoms with Crippen molar-refractivity contribution >= 4 is 17.7 Å². The molecule has 4 N–H and O–H groups in total. The molecule has 1 unspecified atom stereocenters. The number of aliphatic carboxylic acids is 1. The third kappa shape index (κ3) is 4.06. The first kappa shape index (κ1) is 14.0. The Hall–Kier alpha value is -2.08. The van der Waals surface area contributed by atoms with E-state index in [4.69, 9.17) is 10.2 Å². The Morgan fingerprint density at radius 1 is 1.33 bits per heavy atom. The van der Waals surface area contributed by atoms with Gasteiger partial charge in [-0.15, -0.1) is 0 Å². The van der Waals surface area contributed by atoms with Crippen molar-refractivity contribution in [1.29, 1.82) is 0 Å². The number of hydrogen-bond donors (Lipinski definition) is 4. The number of aliphatic hydroxyl groups excluding tert-OH is 1. The number of anilines is 1. The zero-order valence-electron chi connectivity index (χ0n) is 10.0. The number of carbonyl (C=O) groups is 2. The highest BCUT2D eigenvalue weighted by molar-refractivity contribution is 5.90. The van der Waals surface area contributed by atoms with Crippen molar-refractivity contribution in [2.75, 3.05) is 11.9 Å². The molecule has 1 aromatic carbocycles. The number of carbonyl (C=O) groups excluding carboxylic acids is 1. The molecule has 0 aromatic heterocycles. The van der Waals surface area contributed by atoms with Gasteiger partial charge in [-0.25, -0.2) is 9.59 Å². The van der Waals surface area contributed by atoms with Gasteiger partial charge >= 0.3 is 12.0 Å². The van der Waals surface area contributed by atoms with Gasteiger partial charge in [-0.3, -0.25) is 0 Å². The molecule has 18 heavy (non-hydrogen) atoms. The Labute approximate surface area is 105 Å². The number of nitrogens with one attached hydrogen (secondary N) is 2. The maximum Gasteiger partial charge on any atom is 0.334 e. The van der Waals surface area contributed by atoms with Crippen molar-refractivity contribution in [3.05, 3.63) is 29.8 Å². The van der Waals surface area contributed by atoms with E-state index >= 15 is 0 Å². The van der Waals surface area contributed by atoms with E-state index in [2.05, 4.69) is 10.6 Å². The van der Waals surface area contributed by atoms with Crippen molar-refractivity contribution in [3.63, 3.8) is 0 Å². The first-order valence-electron chi connectivity index (χ1n) is 5.58. The predicted octanol–water partition coefficient (Wildman–Crippen LogP) is 0.816. The van der Waals surface area contributed by atoms with Gasteiger partial charge in [-0.2, -0.15) is 0 Å². The highest BCUT2D eigenvalue weighted by Crippen LogP contribution is 2.14. The van der Waals surface area contributed by atoms with E-state index in [9.17, 15) is 9.59 Å². The Morgan fingerprint density at radius 2 is 2.00 bits per heavy atom. The van der Waals surface area contributed by atoms with Gasteiger partial charge in [0.2, 0.25) is 0 Å². The van der Waals surface area contributed by atoms with E-state index in [1.54, 1.807) is 12.1 Å². The van der Waals surface area contributed by atoms with Gasteiger partial charge in [0.15, 0.2) is 6.10 Å². The molecule has 0 aliphatic carbocycles. The lowest BCUT2D eigenvalue weighted by molar-refractivity contribution is -0.146. The molecule has 0 aliphatic rings. The Balaban J connectivity index is 2.52. The van der Waals surface area contributed by atoms with Crippen LogP contribution in [-0.4, -0.2) is 34.9 Å². The normalized spacial score (nSPS) is 11.7. The van der Waals surface area contributed by atoms with Crippen molar-refractivity contribution < 1.29 is 19.8 Å². The lowest BCUT2D eigenvalue weighted by Gasteiger charge is -2.11. The molecule has 6 nitrogen and oxygen atoms in total. The van der Waals surface area contributed by atoms with Crippen molar-refractivity contribution in [2.24, 2.45) is 0 Å². The number of carboxylic acids is 1. The van der Waals surface area contributed by atoms with Crippen LogP contribution in [0.25, 0.3) is 0 Å². The second-order valence-electron chi connectivity index (χ2n) is 3.70. The van der Waals surface area contributed by atoms with Crippen LogP contribution in [0, 0.1) is 0 Å². The third-order valence-electron chi connectivity index (χ3n) is 2.39. The number of para-hydroxylation sites is 1. The quantitative estimate of drug-likeness (QED) is 0.623. The fraction of sp³-hybridized carbons (Fsp3) is 0.333. The van der Waals surface area contributed by atoms with Gasteiger partial charge in [0, 0.05) is 5.69 Å². The smallest absolute Gasteiger partial charge is 0.334 e. The van der Waals surface area contributed by atoms with E-state index in [-0.39, 0.29) is 6.54 Å². The van der Waals surface area contributed by atoms with Gasteiger partial charge in [0.05, 0.1) is 6.54 Å². The molecular weight excluding hydrogens is 236 g/mol. The number of hydrogen-bond acceptors (Lipinski definition) is 3. The number of aliphatic hydroxyl groups is 1. The maximum absolute atomic E-state index is 11.5. The van der Waals surface area contributed by atoms with Crippen LogP contribution in [0.5, 0.6) is 0 Å². The summed E-state index contributed by atoms with van der Waals surface area (Å²) in [7, 11) is 0. The number of aryl methyl sites for hydroxylation is 1. The molecule has 2 amide bonds. The Morgan fingerprint density at radius 3 is 2.61 bits per heavy atom. The summed E-state index contributed by atoms with van der Waals surface area (Å²) in [5, 5.41) is 22.3. The van der Waals surface area contributed by atoms with E-state index < -0.39 is 18.1 Å². The summed E-state index contributed by atoms with van der Waals surface area (Å²) in [6.45, 7) is 1.63. The second kappa shape index (κ2) is 6.61. The monoisotopic (exact) mass is 252 g/mol. The fourth-order valence-electron chi connectivity index (χ4n) is 1.39. The van der Waals surface area contributed by atoms with Crippen LogP contribution in [0.1, 0.15) is 12.5 Å². The number of rotatable bonds is 5. The molecule has 0 saturated heterocycles. The lowest BCUT2D eigenvalue weighted by atomic mass is 10.1. The summed E-state index contributed by atoms with van der Waals surface area (Å²) >= 11 is 0. The summed E-state index contributed by atoms with van der Waals surface area (Å²) < 4.78 is 0. The molecule has 1 rings (SSSR count). The molecular formula is C12H16N2O4. The van der Waals surface area contributed by atoms with Gasteiger partial charge < -0.3 is 20.8 Å². The van der Waals surface area contributed by atoms with Crippen LogP contribution in [0.4, 0.5) is 10.5 Å². The molecule has 98 valence electrons. The minimum Gasteiger partial charge on any atom is -0.479 e. The Bertz CT molecular complexity index is 434. The van der Waals surface area contributed by atoms with Crippen LogP contribution in [0.3, 0.4) is 0 Å². The highest BCUT2D eigenvalue weighted by Gasteiger charge is 2.14. The lowest BCUT2D eigenvalue weighted by Crippen LogP contribution is -2.38. The van der Waals surface area contributed by atoms with Gasteiger partial charge in [-0.05, 0) is 18.1 Å². The second-order valence-corrected chi connectivity index (χ2v) is 3.70. The van der Waals surface area contributed by atoms with E-state index in [0.717, 1.165) is 12.0 Å². The third-order valence-corrected chi connectivity index (χ3v) is 2.39. The minimum atomic E-state index is -1.60. The van der Waals surface area contributed by atoms with E-state index in [1.807, 2.05) is 19.1 Å². The van der Waals surface area contributed by atoms with E-state index in [1.165, 1.54) is 0 Å². The molecule has 1 atom stereocenters. The highest BCUT2D eigenvalue weighted by atomic mass is 16.4. The summed E-state index contributed by atoms with van der Waals surface area (Å²) in [5.74, 6) is -1.37. The SMILES string of the molecule is CCc1ccccc1NC(=O)NCC(O)C(=O)O. The van der Waals surface area contributed by atoms with E-state index in [0.29, 0.717) is 5.69 Å². The predicted molar refractivity (Wildman–Crippen MR) is 66.5 cm³/mol. The average Bonchev–Trinajstić information content (AvgIpc) is 2.36. The largest absolute Gasteiger partial charge is 0.479 e. The standard InChI is InChI=1S/C12H16N2O4/c1-2-8-5-3-4-6-9(8)14-12(18)13-7-10(15)11(16)17/h3-6,10,15H,2,7H2,1H3,(H,16,17)(H2,13,14,18). The van der Waals surface area contributed by atoms with Crippen molar-refractivity contribution in [3.8, 4) is 0 Å². The zero-order chi connectivity index (χ0) is 13.5. The molecule has 0 radical (unpaired) electrons. The zero-order valence-corrected chi connectivity index (χ0v) is 10.0. The molecule has 0 fully saturated rings. The summed E-state index contributed by atoms with van der Waals surface area (Å²) in [6.07, 6.45) is -0.828. The first-order chi connectivity index (χ1) is 8.54. The molecule has 0 spiro atoms. The van der Waals surface area contributed by atoms with Crippen molar-refractivity contribution in [1.82, 2.24) is 5.32 Å². The number of carboxylic acid groups (broad SMARTS) is 1. The molecule has 6 heteroatoms.